The predicted molar refractivity (Wildman–Crippen MR) is 22.6 cm³/mol. The Balaban J connectivity index is -0.0000000200. The monoisotopic (exact) mass is 144 g/mol. The molecular formula is C3H8BY-. The van der Waals surface area contributed by atoms with Crippen LogP contribution in [-0.2, 0) is 32.7 Å². The second kappa shape index (κ2) is 19.1. The van der Waals surface area contributed by atoms with Gasteiger partial charge in [-0.15, -0.1) is 0 Å². The Bertz CT molecular complexity index is 6.85. The zero-order valence-corrected chi connectivity index (χ0v) is 6.70. The zero-order valence-electron chi connectivity index (χ0n) is 3.86. The molecule has 0 aliphatic rings. The second-order valence-corrected chi connectivity index (χ2v) is 0.408. The molecule has 3 radical (unpaired) electrons. The maximum absolute atomic E-state index is 4.85. The molecule has 0 aromatic heterocycles. The molecule has 0 bridgehead atoms. The molecule has 0 aliphatic heterocycles. The Morgan fingerprint density at radius 2 is 1.60 bits per heavy atom. The van der Waals surface area contributed by atoms with Crippen molar-refractivity contribution in [1.29, 1.82) is 0 Å². The molecule has 0 atom stereocenters. The molecule has 0 aromatic carbocycles. The minimum atomic E-state index is 0. The molecule has 0 nitrogen and oxygen atoms in total. The van der Waals surface area contributed by atoms with Crippen LogP contribution in [0.5, 0.6) is 0 Å². The van der Waals surface area contributed by atoms with E-state index in [1.54, 1.807) is 0 Å². The van der Waals surface area contributed by atoms with Crippen molar-refractivity contribution in [3.05, 3.63) is 7.43 Å². The minimum absolute atomic E-state index is 0. The van der Waals surface area contributed by atoms with Crippen molar-refractivity contribution in [3.8, 4) is 0 Å². The Morgan fingerprint density at radius 3 is 1.60 bits per heavy atom. The van der Waals surface area contributed by atoms with E-state index in [1.165, 1.54) is 0 Å². The molecule has 0 rings (SSSR count). The van der Waals surface area contributed by atoms with Crippen molar-refractivity contribution in [2.75, 3.05) is 0 Å². The van der Waals surface area contributed by atoms with Crippen LogP contribution < -0.4 is 0 Å². The first-order valence-electron chi connectivity index (χ1n) is 1.12. The van der Waals surface area contributed by atoms with Gasteiger partial charge < -0.3 is 7.43 Å². The van der Waals surface area contributed by atoms with Crippen molar-refractivity contribution in [2.24, 2.45) is 0 Å². The van der Waals surface area contributed by atoms with Crippen LogP contribution in [0.4, 0.5) is 0 Å². The summed E-state index contributed by atoms with van der Waals surface area (Å²) in [5, 5.41) is 0. The summed E-state index contributed by atoms with van der Waals surface area (Å²) in [6.45, 7) is 1.90. The molecule has 5 heavy (non-hydrogen) atoms. The summed E-state index contributed by atoms with van der Waals surface area (Å²) in [6, 6.07) is 0. The van der Waals surface area contributed by atoms with Gasteiger partial charge in [0.25, 0.3) is 0 Å². The summed E-state index contributed by atoms with van der Waals surface area (Å²) in [5.74, 6) is 0. The SMILES string of the molecule is [B]CC.[CH3-].[Y]. The maximum atomic E-state index is 4.85. The van der Waals surface area contributed by atoms with E-state index in [0.29, 0.717) is 0 Å². The van der Waals surface area contributed by atoms with Gasteiger partial charge in [0.05, 0.1) is 7.85 Å². The van der Waals surface area contributed by atoms with Crippen LogP contribution >= 0.6 is 0 Å². The number of hydrogen-bond acceptors (Lipinski definition) is 0. The van der Waals surface area contributed by atoms with Crippen molar-refractivity contribution >= 4 is 7.85 Å². The summed E-state index contributed by atoms with van der Waals surface area (Å²) in [6.07, 6.45) is 0.750. The van der Waals surface area contributed by atoms with Crippen molar-refractivity contribution in [1.82, 2.24) is 0 Å². The summed E-state index contributed by atoms with van der Waals surface area (Å²) in [7, 11) is 4.85. The average molecular weight is 144 g/mol. The Hall–Kier alpha value is 1.17. The third-order valence-electron chi connectivity index (χ3n) is 0. The molecule has 0 N–H and O–H groups in total. The normalized spacial score (nSPS) is 3.40. The van der Waals surface area contributed by atoms with Crippen LogP contribution in [0.25, 0.3) is 0 Å². The molecule has 0 aromatic rings. The maximum Gasteiger partial charge on any atom is 0.0649 e. The molecule has 0 unspecified atom stereocenters. The third kappa shape index (κ3) is 38.0. The van der Waals surface area contributed by atoms with Gasteiger partial charge in [0.1, 0.15) is 0 Å². The third-order valence-corrected chi connectivity index (χ3v) is 0. The summed E-state index contributed by atoms with van der Waals surface area (Å²) >= 11 is 0. The Kier molecular flexibility index (Phi) is 62.7. The standard InChI is InChI=1S/C2H5B.CH3.Y/c1-2-3;;/h2H2,1H3;1H3;/q;-1;. The molecule has 27 valence electrons. The van der Waals surface area contributed by atoms with Gasteiger partial charge in [-0.3, -0.25) is 0 Å². The van der Waals surface area contributed by atoms with E-state index in [0.717, 1.165) is 6.32 Å². The fourth-order valence-electron chi connectivity index (χ4n) is 0. The van der Waals surface area contributed by atoms with Gasteiger partial charge in [0, 0.05) is 32.7 Å². The largest absolute Gasteiger partial charge is 0.358 e. The second-order valence-electron chi connectivity index (χ2n) is 0.408. The Morgan fingerprint density at radius 1 is 1.60 bits per heavy atom. The van der Waals surface area contributed by atoms with Crippen LogP contribution in [0.1, 0.15) is 6.92 Å². The van der Waals surface area contributed by atoms with E-state index in [4.69, 9.17) is 7.85 Å². The van der Waals surface area contributed by atoms with Crippen LogP contribution in [-0.4, -0.2) is 7.85 Å². The first-order valence-corrected chi connectivity index (χ1v) is 1.12. The van der Waals surface area contributed by atoms with Gasteiger partial charge in [-0.1, -0.05) is 13.2 Å². The zero-order chi connectivity index (χ0) is 2.71. The van der Waals surface area contributed by atoms with E-state index in [1.807, 2.05) is 6.92 Å². The van der Waals surface area contributed by atoms with E-state index in [9.17, 15) is 0 Å². The van der Waals surface area contributed by atoms with Crippen LogP contribution in [0, 0.1) is 7.43 Å². The average Bonchev–Trinajstić information content (AvgIpc) is 0.918. The molecule has 0 spiro atoms. The molecule has 0 saturated heterocycles. The van der Waals surface area contributed by atoms with Crippen LogP contribution in [0.3, 0.4) is 0 Å². The molecular weight excluding hydrogens is 136 g/mol. The van der Waals surface area contributed by atoms with Crippen molar-refractivity contribution in [2.45, 2.75) is 13.2 Å². The summed E-state index contributed by atoms with van der Waals surface area (Å²) in [4.78, 5) is 0. The number of hydrogen-bond donors (Lipinski definition) is 0. The van der Waals surface area contributed by atoms with Crippen molar-refractivity contribution < 1.29 is 32.7 Å². The molecule has 0 fully saturated rings. The predicted octanol–water partition coefficient (Wildman–Crippen LogP) is 1.04. The molecule has 0 saturated carbocycles. The van der Waals surface area contributed by atoms with E-state index in [-0.39, 0.29) is 40.1 Å². The van der Waals surface area contributed by atoms with Gasteiger partial charge in [0.15, 0.2) is 0 Å². The van der Waals surface area contributed by atoms with E-state index >= 15 is 0 Å². The minimum Gasteiger partial charge on any atom is -0.358 e. The molecule has 0 aliphatic carbocycles. The van der Waals surface area contributed by atoms with Gasteiger partial charge in [0.2, 0.25) is 0 Å². The summed E-state index contributed by atoms with van der Waals surface area (Å²) < 4.78 is 0. The topological polar surface area (TPSA) is 0 Å². The number of rotatable bonds is 0. The van der Waals surface area contributed by atoms with Gasteiger partial charge in [-0.05, 0) is 0 Å². The summed E-state index contributed by atoms with van der Waals surface area (Å²) in [5.41, 5.74) is 0. The van der Waals surface area contributed by atoms with E-state index in [2.05, 4.69) is 0 Å². The van der Waals surface area contributed by atoms with E-state index < -0.39 is 0 Å². The van der Waals surface area contributed by atoms with Crippen LogP contribution in [0.15, 0.2) is 0 Å². The Labute approximate surface area is 61.0 Å². The smallest absolute Gasteiger partial charge is 0.0649 e. The van der Waals surface area contributed by atoms with Crippen LogP contribution in [0.2, 0.25) is 6.32 Å². The van der Waals surface area contributed by atoms with Crippen molar-refractivity contribution in [3.63, 3.8) is 0 Å². The molecule has 0 heterocycles. The first kappa shape index (κ1) is 16.4. The van der Waals surface area contributed by atoms with Gasteiger partial charge >= 0.3 is 0 Å². The molecule has 0 amide bonds. The fraction of sp³-hybridized carbons (Fsp3) is 0.667. The van der Waals surface area contributed by atoms with Gasteiger partial charge in [-0.2, -0.15) is 0 Å². The quantitative estimate of drug-likeness (QED) is 0.351. The first-order chi connectivity index (χ1) is 1.41. The fourth-order valence-corrected chi connectivity index (χ4v) is 0. The molecule has 2 heteroatoms. The van der Waals surface area contributed by atoms with Gasteiger partial charge in [-0.25, -0.2) is 0 Å².